The van der Waals surface area contributed by atoms with E-state index in [4.69, 9.17) is 18.0 Å². The molecule has 0 unspecified atom stereocenters. The smallest absolute Gasteiger partial charge is 0.223 e. The summed E-state index contributed by atoms with van der Waals surface area (Å²) in [7, 11) is 0. The molecule has 1 aromatic rings. The number of nitrogens with one attached hydrogen (secondary N) is 1. The fourth-order valence-electron chi connectivity index (χ4n) is 2.25. The Kier molecular flexibility index (Phi) is 2.70. The van der Waals surface area contributed by atoms with Crippen LogP contribution in [0.25, 0.3) is 0 Å². The summed E-state index contributed by atoms with van der Waals surface area (Å²) < 4.78 is 0. The van der Waals surface area contributed by atoms with Crippen molar-refractivity contribution < 1.29 is 0 Å². The quantitative estimate of drug-likeness (QED) is 0.777. The van der Waals surface area contributed by atoms with Crippen molar-refractivity contribution in [3.8, 4) is 0 Å². The van der Waals surface area contributed by atoms with E-state index in [1.165, 1.54) is 25.7 Å². The van der Waals surface area contributed by atoms with Crippen LogP contribution in [0.3, 0.4) is 0 Å². The third-order valence-electron chi connectivity index (χ3n) is 3.46. The molecule has 0 amide bonds. The lowest BCUT2D eigenvalue weighted by Gasteiger charge is -2.17. The minimum Gasteiger partial charge on any atom is -0.388 e. The van der Waals surface area contributed by atoms with Gasteiger partial charge in [0.1, 0.15) is 10.7 Å². The van der Waals surface area contributed by atoms with Gasteiger partial charge in [0.05, 0.1) is 0 Å². The molecule has 0 aliphatic heterocycles. The summed E-state index contributed by atoms with van der Waals surface area (Å²) >= 11 is 4.92. The minimum atomic E-state index is 0.324. The molecule has 2 saturated carbocycles. The number of hydrogen-bond acceptors (Lipinski definition) is 4. The van der Waals surface area contributed by atoms with E-state index >= 15 is 0 Å². The molecular weight excluding hydrogens is 232 g/mol. The number of anilines is 1. The Bertz CT molecular complexity index is 428. The standard InChI is InChI=1S/C12H16N4S/c13-11(17)9-5-6-14-12(15-9)16-10(7-1-2-7)8-3-4-8/h5-8,10H,1-4H2,(H2,13,17)(H,14,15,16). The van der Waals surface area contributed by atoms with Gasteiger partial charge in [-0.15, -0.1) is 0 Å². The van der Waals surface area contributed by atoms with E-state index in [-0.39, 0.29) is 0 Å². The highest BCUT2D eigenvalue weighted by atomic mass is 32.1. The minimum absolute atomic E-state index is 0.324. The molecular formula is C12H16N4S. The molecule has 0 saturated heterocycles. The molecule has 0 bridgehead atoms. The second-order valence-corrected chi connectivity index (χ2v) is 5.41. The van der Waals surface area contributed by atoms with Crippen molar-refractivity contribution in [3.05, 3.63) is 18.0 Å². The summed E-state index contributed by atoms with van der Waals surface area (Å²) in [6.07, 6.45) is 7.05. The van der Waals surface area contributed by atoms with E-state index in [9.17, 15) is 0 Å². The highest BCUT2D eigenvalue weighted by molar-refractivity contribution is 7.80. The van der Waals surface area contributed by atoms with Gasteiger partial charge in [-0.1, -0.05) is 12.2 Å². The van der Waals surface area contributed by atoms with Crippen LogP contribution in [0.15, 0.2) is 12.3 Å². The normalized spacial score (nSPS) is 19.4. The Balaban J connectivity index is 1.74. The number of aromatic nitrogens is 2. The first-order chi connectivity index (χ1) is 8.24. The van der Waals surface area contributed by atoms with Crippen LogP contribution < -0.4 is 11.1 Å². The Hall–Kier alpha value is -1.23. The predicted octanol–water partition coefficient (Wildman–Crippen LogP) is 1.71. The van der Waals surface area contributed by atoms with Gasteiger partial charge in [-0.25, -0.2) is 9.97 Å². The monoisotopic (exact) mass is 248 g/mol. The number of nitrogens with zero attached hydrogens (tertiary/aromatic N) is 2. The van der Waals surface area contributed by atoms with E-state index < -0.39 is 0 Å². The average molecular weight is 248 g/mol. The highest BCUT2D eigenvalue weighted by Gasteiger charge is 2.41. The van der Waals surface area contributed by atoms with Crippen molar-refractivity contribution in [1.29, 1.82) is 0 Å². The zero-order chi connectivity index (χ0) is 11.8. The second-order valence-electron chi connectivity index (χ2n) is 4.97. The van der Waals surface area contributed by atoms with Gasteiger partial charge in [0.25, 0.3) is 0 Å². The third kappa shape index (κ3) is 2.54. The molecule has 0 spiro atoms. The van der Waals surface area contributed by atoms with Gasteiger partial charge in [0.15, 0.2) is 0 Å². The molecule has 0 aromatic carbocycles. The number of hydrogen-bond donors (Lipinski definition) is 2. The Morgan fingerprint density at radius 2 is 2.00 bits per heavy atom. The Morgan fingerprint density at radius 1 is 1.35 bits per heavy atom. The molecule has 5 heteroatoms. The van der Waals surface area contributed by atoms with E-state index in [1.54, 1.807) is 12.3 Å². The van der Waals surface area contributed by atoms with Gasteiger partial charge < -0.3 is 11.1 Å². The van der Waals surface area contributed by atoms with Crippen molar-refractivity contribution in [2.45, 2.75) is 31.7 Å². The third-order valence-corrected chi connectivity index (χ3v) is 3.67. The first-order valence-corrected chi connectivity index (χ1v) is 6.54. The largest absolute Gasteiger partial charge is 0.388 e. The lowest BCUT2D eigenvalue weighted by molar-refractivity contribution is 0.563. The van der Waals surface area contributed by atoms with Crippen LogP contribution in [0.4, 0.5) is 5.95 Å². The van der Waals surface area contributed by atoms with Crippen LogP contribution in [-0.4, -0.2) is 21.0 Å². The van der Waals surface area contributed by atoms with Crippen LogP contribution >= 0.6 is 12.2 Å². The van der Waals surface area contributed by atoms with E-state index in [0.29, 0.717) is 22.7 Å². The molecule has 90 valence electrons. The summed E-state index contributed by atoms with van der Waals surface area (Å²) in [4.78, 5) is 8.91. The van der Waals surface area contributed by atoms with Crippen LogP contribution in [0.2, 0.25) is 0 Å². The van der Waals surface area contributed by atoms with Gasteiger partial charge in [-0.2, -0.15) is 0 Å². The molecule has 0 radical (unpaired) electrons. The highest BCUT2D eigenvalue weighted by Crippen LogP contribution is 2.45. The maximum atomic E-state index is 5.57. The molecule has 1 heterocycles. The molecule has 2 fully saturated rings. The average Bonchev–Trinajstić information content (AvgIpc) is 3.16. The SMILES string of the molecule is NC(=S)c1ccnc(NC(C2CC2)C2CC2)n1. The molecule has 3 rings (SSSR count). The van der Waals surface area contributed by atoms with Crippen molar-refractivity contribution in [2.24, 2.45) is 17.6 Å². The fourth-order valence-corrected chi connectivity index (χ4v) is 2.36. The van der Waals surface area contributed by atoms with E-state index in [1.807, 2.05) is 0 Å². The van der Waals surface area contributed by atoms with Crippen LogP contribution in [0.5, 0.6) is 0 Å². The van der Waals surface area contributed by atoms with Crippen molar-refractivity contribution in [3.63, 3.8) is 0 Å². The van der Waals surface area contributed by atoms with Crippen molar-refractivity contribution >= 4 is 23.2 Å². The fraction of sp³-hybridized carbons (Fsp3) is 0.583. The summed E-state index contributed by atoms with van der Waals surface area (Å²) in [6, 6.07) is 2.30. The van der Waals surface area contributed by atoms with Gasteiger partial charge in [-0.05, 0) is 43.6 Å². The molecule has 2 aliphatic carbocycles. The van der Waals surface area contributed by atoms with Crippen LogP contribution in [0, 0.1) is 11.8 Å². The first-order valence-electron chi connectivity index (χ1n) is 6.13. The summed E-state index contributed by atoms with van der Waals surface area (Å²) in [5, 5.41) is 3.46. The van der Waals surface area contributed by atoms with Crippen LogP contribution in [0.1, 0.15) is 31.4 Å². The lowest BCUT2D eigenvalue weighted by atomic mass is 10.1. The Labute approximate surface area is 106 Å². The number of nitrogens with two attached hydrogens (primary N) is 1. The van der Waals surface area contributed by atoms with Gasteiger partial charge in [-0.3, -0.25) is 0 Å². The topological polar surface area (TPSA) is 63.8 Å². The van der Waals surface area contributed by atoms with Crippen molar-refractivity contribution in [2.75, 3.05) is 5.32 Å². The van der Waals surface area contributed by atoms with E-state index in [2.05, 4.69) is 15.3 Å². The van der Waals surface area contributed by atoms with Crippen LogP contribution in [-0.2, 0) is 0 Å². The van der Waals surface area contributed by atoms with Gasteiger partial charge >= 0.3 is 0 Å². The van der Waals surface area contributed by atoms with Gasteiger partial charge in [0, 0.05) is 12.2 Å². The molecule has 0 atom stereocenters. The predicted molar refractivity (Wildman–Crippen MR) is 70.8 cm³/mol. The first kappa shape index (κ1) is 10.9. The zero-order valence-corrected chi connectivity index (χ0v) is 10.4. The maximum Gasteiger partial charge on any atom is 0.223 e. The second kappa shape index (κ2) is 4.22. The molecule has 1 aromatic heterocycles. The molecule has 3 N–H and O–H groups in total. The van der Waals surface area contributed by atoms with E-state index in [0.717, 1.165) is 11.8 Å². The van der Waals surface area contributed by atoms with Crippen molar-refractivity contribution in [1.82, 2.24) is 9.97 Å². The maximum absolute atomic E-state index is 5.57. The Morgan fingerprint density at radius 3 is 2.53 bits per heavy atom. The summed E-state index contributed by atoms with van der Waals surface area (Å²) in [6.45, 7) is 0. The zero-order valence-electron chi connectivity index (χ0n) is 9.60. The molecule has 17 heavy (non-hydrogen) atoms. The summed E-state index contributed by atoms with van der Waals surface area (Å²) in [5.41, 5.74) is 6.21. The summed E-state index contributed by atoms with van der Waals surface area (Å²) in [5.74, 6) is 2.30. The number of thiocarbonyl (C=S) groups is 1. The lowest BCUT2D eigenvalue weighted by Crippen LogP contribution is -2.26. The number of rotatable bonds is 5. The molecule has 2 aliphatic rings. The molecule has 4 nitrogen and oxygen atoms in total. The van der Waals surface area contributed by atoms with Gasteiger partial charge in [0.2, 0.25) is 5.95 Å².